The summed E-state index contributed by atoms with van der Waals surface area (Å²) < 4.78 is 1.99. The van der Waals surface area contributed by atoms with Crippen LogP contribution in [0.25, 0.3) is 5.00 Å². The largest absolute Gasteiger partial charge is 0.326 e. The van der Waals surface area contributed by atoms with Crippen molar-refractivity contribution >= 4 is 46.2 Å². The van der Waals surface area contributed by atoms with Crippen molar-refractivity contribution in [2.45, 2.75) is 33.2 Å². The molecule has 1 aliphatic rings. The van der Waals surface area contributed by atoms with E-state index in [0.29, 0.717) is 22.4 Å². The molecule has 1 atom stereocenters. The molecule has 2 amide bonds. The first-order valence-electron chi connectivity index (χ1n) is 11.5. The van der Waals surface area contributed by atoms with Gasteiger partial charge < -0.3 is 5.32 Å². The van der Waals surface area contributed by atoms with Crippen LogP contribution in [0, 0.1) is 20.8 Å². The number of rotatable bonds is 5. The van der Waals surface area contributed by atoms with E-state index >= 15 is 0 Å². The van der Waals surface area contributed by atoms with Crippen molar-refractivity contribution in [3.8, 4) is 5.00 Å². The number of aryl methyl sites for hydroxylation is 2. The molecule has 37 heavy (non-hydrogen) atoms. The molecule has 5 rings (SSSR count). The van der Waals surface area contributed by atoms with Crippen LogP contribution in [-0.4, -0.2) is 37.5 Å². The summed E-state index contributed by atoms with van der Waals surface area (Å²) in [6, 6.07) is 13.1. The molecule has 0 aliphatic carbocycles. The molecule has 0 saturated carbocycles. The molecule has 9 nitrogen and oxygen atoms in total. The Hall–Kier alpha value is -3.86. The number of anilines is 1. The summed E-state index contributed by atoms with van der Waals surface area (Å²) in [5.74, 6) is 0.407. The third-order valence-corrected chi connectivity index (χ3v) is 7.71. The minimum Gasteiger partial charge on any atom is -0.326 e. The molecule has 0 saturated heterocycles. The number of carbonyl (C=O) groups excluding carboxylic acids is 2. The van der Waals surface area contributed by atoms with E-state index in [1.165, 1.54) is 17.0 Å². The van der Waals surface area contributed by atoms with Gasteiger partial charge in [-0.15, -0.1) is 21.5 Å². The van der Waals surface area contributed by atoms with E-state index in [1.54, 1.807) is 28.9 Å². The lowest BCUT2D eigenvalue weighted by atomic mass is 9.99. The first-order chi connectivity index (χ1) is 17.8. The molecule has 188 valence electrons. The van der Waals surface area contributed by atoms with Gasteiger partial charge >= 0.3 is 0 Å². The van der Waals surface area contributed by atoms with Gasteiger partial charge in [0.2, 0.25) is 5.91 Å². The summed E-state index contributed by atoms with van der Waals surface area (Å²) in [6.07, 6.45) is 0.0288. The minimum atomic E-state index is -0.631. The number of hydrogen-bond donors (Lipinski definition) is 3. The highest BCUT2D eigenvalue weighted by Crippen LogP contribution is 2.39. The molecule has 0 spiro atoms. The second-order valence-electron chi connectivity index (χ2n) is 8.68. The quantitative estimate of drug-likeness (QED) is 0.247. The molecule has 3 heterocycles. The summed E-state index contributed by atoms with van der Waals surface area (Å²) >= 11 is 7.80. The van der Waals surface area contributed by atoms with Crippen molar-refractivity contribution < 1.29 is 14.8 Å². The lowest BCUT2D eigenvalue weighted by Crippen LogP contribution is -2.19. The summed E-state index contributed by atoms with van der Waals surface area (Å²) in [7, 11) is 0. The summed E-state index contributed by atoms with van der Waals surface area (Å²) in [5.41, 5.74) is 6.14. The van der Waals surface area contributed by atoms with Gasteiger partial charge in [-0.1, -0.05) is 23.7 Å². The Morgan fingerprint density at radius 1 is 1.05 bits per heavy atom. The standard InChI is InChI=1S/C26H23ClN6O3S/c1-13-14(2)37-26-22(13)23(16-4-8-18(27)9-5-16)29-20(24-31-30-15(3)33(24)26)12-21(34)28-19-10-6-17(7-11-19)25(35)32-36/h4-11,20,36H,12H2,1-3H3,(H,28,34)(H,32,35)/t20-/m0/s1. The summed E-state index contributed by atoms with van der Waals surface area (Å²) in [6.45, 7) is 6.04. The average molecular weight is 535 g/mol. The molecule has 0 unspecified atom stereocenters. The third-order valence-electron chi connectivity index (χ3n) is 6.27. The van der Waals surface area contributed by atoms with Crippen molar-refractivity contribution in [2.75, 3.05) is 5.32 Å². The second-order valence-corrected chi connectivity index (χ2v) is 10.3. The van der Waals surface area contributed by atoms with Crippen molar-refractivity contribution in [1.82, 2.24) is 20.2 Å². The smallest absolute Gasteiger partial charge is 0.274 e. The number of benzene rings is 2. The molecule has 0 fully saturated rings. The molecular weight excluding hydrogens is 512 g/mol. The predicted octanol–water partition coefficient (Wildman–Crippen LogP) is 4.95. The van der Waals surface area contributed by atoms with Gasteiger partial charge in [-0.25, -0.2) is 5.48 Å². The fraction of sp³-hybridized carbons (Fsp3) is 0.192. The first kappa shape index (κ1) is 24.8. The lowest BCUT2D eigenvalue weighted by molar-refractivity contribution is -0.116. The normalized spacial score (nSPS) is 14.3. The van der Waals surface area contributed by atoms with Crippen molar-refractivity contribution in [2.24, 2.45) is 4.99 Å². The molecule has 0 radical (unpaired) electrons. The third kappa shape index (κ3) is 4.66. The topological polar surface area (TPSA) is 122 Å². The summed E-state index contributed by atoms with van der Waals surface area (Å²) in [5, 5.41) is 22.0. The van der Waals surface area contributed by atoms with E-state index in [4.69, 9.17) is 21.8 Å². The molecule has 11 heteroatoms. The number of halogens is 1. The van der Waals surface area contributed by atoms with Gasteiger partial charge in [0.1, 0.15) is 16.9 Å². The molecule has 2 aromatic heterocycles. The highest BCUT2D eigenvalue weighted by molar-refractivity contribution is 7.15. The molecule has 3 N–H and O–H groups in total. The van der Waals surface area contributed by atoms with E-state index in [-0.39, 0.29) is 17.9 Å². The fourth-order valence-electron chi connectivity index (χ4n) is 4.29. The van der Waals surface area contributed by atoms with Crippen LogP contribution < -0.4 is 10.8 Å². The van der Waals surface area contributed by atoms with Crippen LogP contribution in [0.2, 0.25) is 5.02 Å². The Morgan fingerprint density at radius 3 is 2.43 bits per heavy atom. The number of aromatic nitrogens is 3. The highest BCUT2D eigenvalue weighted by Gasteiger charge is 2.32. The number of nitrogens with one attached hydrogen (secondary N) is 2. The van der Waals surface area contributed by atoms with Crippen LogP contribution in [0.1, 0.15) is 56.0 Å². The van der Waals surface area contributed by atoms with Gasteiger partial charge in [0.05, 0.1) is 12.1 Å². The van der Waals surface area contributed by atoms with E-state index in [1.807, 2.05) is 35.8 Å². The number of aliphatic imine (C=N–C) groups is 1. The van der Waals surface area contributed by atoms with E-state index in [2.05, 4.69) is 29.4 Å². The Balaban J connectivity index is 1.53. The minimum absolute atomic E-state index is 0.0288. The zero-order valence-electron chi connectivity index (χ0n) is 20.2. The highest BCUT2D eigenvalue weighted by atomic mass is 35.5. The number of hydroxylamine groups is 1. The number of amides is 2. The van der Waals surface area contributed by atoms with Crippen LogP contribution in [-0.2, 0) is 4.79 Å². The zero-order chi connectivity index (χ0) is 26.3. The number of hydrogen-bond acceptors (Lipinski definition) is 7. The van der Waals surface area contributed by atoms with Gasteiger partial charge in [-0.2, -0.15) is 0 Å². The number of thiophene rings is 1. The van der Waals surface area contributed by atoms with Gasteiger partial charge in [-0.3, -0.25) is 24.4 Å². The van der Waals surface area contributed by atoms with Crippen molar-refractivity contribution in [3.63, 3.8) is 0 Å². The van der Waals surface area contributed by atoms with E-state index in [9.17, 15) is 9.59 Å². The van der Waals surface area contributed by atoms with Gasteiger partial charge in [0.15, 0.2) is 5.82 Å². The number of fused-ring (bicyclic) bond motifs is 3. The van der Waals surface area contributed by atoms with Crippen molar-refractivity contribution in [3.05, 3.63) is 92.3 Å². The molecule has 4 aromatic rings. The van der Waals surface area contributed by atoms with E-state index < -0.39 is 11.9 Å². The zero-order valence-corrected chi connectivity index (χ0v) is 21.8. The van der Waals surface area contributed by atoms with Crippen LogP contribution in [0.15, 0.2) is 53.5 Å². The predicted molar refractivity (Wildman–Crippen MR) is 142 cm³/mol. The van der Waals surface area contributed by atoms with Gasteiger partial charge in [-0.05, 0) is 62.7 Å². The Kier molecular flexibility index (Phi) is 6.63. The van der Waals surface area contributed by atoms with Crippen LogP contribution in [0.5, 0.6) is 0 Å². The van der Waals surface area contributed by atoms with Crippen LogP contribution in [0.4, 0.5) is 5.69 Å². The average Bonchev–Trinajstić information content (AvgIpc) is 3.36. The van der Waals surface area contributed by atoms with Crippen molar-refractivity contribution in [1.29, 1.82) is 0 Å². The number of carbonyl (C=O) groups is 2. The van der Waals surface area contributed by atoms with Gasteiger partial charge in [0.25, 0.3) is 5.91 Å². The Labute approximate surface area is 221 Å². The molecular formula is C26H23ClN6O3S. The lowest BCUT2D eigenvalue weighted by Gasteiger charge is -2.13. The van der Waals surface area contributed by atoms with Crippen LogP contribution in [0.3, 0.4) is 0 Å². The SMILES string of the molecule is Cc1sc2c(c1C)C(c1ccc(Cl)cc1)=N[C@@H](CC(=O)Nc1ccc(C(=O)NO)cc1)c1nnc(C)n1-2. The maximum Gasteiger partial charge on any atom is 0.274 e. The Bertz CT molecular complexity index is 1540. The maximum absolute atomic E-state index is 13.1. The second kappa shape index (κ2) is 9.89. The van der Waals surface area contributed by atoms with Crippen LogP contribution >= 0.6 is 22.9 Å². The fourth-order valence-corrected chi connectivity index (χ4v) is 5.63. The molecule has 0 bridgehead atoms. The first-order valence-corrected chi connectivity index (χ1v) is 12.7. The number of nitrogens with zero attached hydrogens (tertiary/aromatic N) is 4. The monoisotopic (exact) mass is 534 g/mol. The van der Waals surface area contributed by atoms with Gasteiger partial charge in [0, 0.05) is 32.3 Å². The maximum atomic E-state index is 13.1. The Morgan fingerprint density at radius 2 is 1.76 bits per heavy atom. The summed E-state index contributed by atoms with van der Waals surface area (Å²) in [4.78, 5) is 30.9. The van der Waals surface area contributed by atoms with E-state index in [0.717, 1.165) is 27.4 Å². The molecule has 1 aliphatic heterocycles. The molecule has 2 aromatic carbocycles.